The molecule has 0 spiro atoms. The minimum Gasteiger partial charge on any atom is -0.382 e. The fourth-order valence-electron chi connectivity index (χ4n) is 2.72. The molecule has 1 aliphatic carbocycles. The summed E-state index contributed by atoms with van der Waals surface area (Å²) in [6, 6.07) is 4.94. The highest BCUT2D eigenvalue weighted by atomic mass is 16.1. The van der Waals surface area contributed by atoms with Crippen molar-refractivity contribution in [2.45, 2.75) is 25.3 Å². The number of amides is 2. The van der Waals surface area contributed by atoms with Crippen LogP contribution < -0.4 is 22.5 Å². The maximum Gasteiger partial charge on any atom is 0.248 e. The van der Waals surface area contributed by atoms with Crippen molar-refractivity contribution in [1.82, 2.24) is 0 Å². The summed E-state index contributed by atoms with van der Waals surface area (Å²) in [7, 11) is 0. The van der Waals surface area contributed by atoms with Crippen molar-refractivity contribution in [3.63, 3.8) is 0 Å². The maximum atomic E-state index is 11.3. The average Bonchev–Trinajstić information content (AvgIpc) is 2.85. The molecule has 1 aromatic carbocycles. The van der Waals surface area contributed by atoms with Crippen LogP contribution in [0.3, 0.4) is 0 Å². The summed E-state index contributed by atoms with van der Waals surface area (Å²) < 4.78 is 0. The second-order valence-electron chi connectivity index (χ2n) is 5.21. The average molecular weight is 276 g/mol. The van der Waals surface area contributed by atoms with Gasteiger partial charge in [-0.1, -0.05) is 6.42 Å². The summed E-state index contributed by atoms with van der Waals surface area (Å²) in [5, 5.41) is 3.34. The van der Waals surface area contributed by atoms with Gasteiger partial charge in [0.1, 0.15) is 0 Å². The highest BCUT2D eigenvalue weighted by Gasteiger charge is 2.26. The Morgan fingerprint density at radius 1 is 1.10 bits per heavy atom. The summed E-state index contributed by atoms with van der Waals surface area (Å²) in [6.07, 6.45) is 3.23. The quantitative estimate of drug-likeness (QED) is 0.622. The lowest BCUT2D eigenvalue weighted by atomic mass is 10.0. The first-order chi connectivity index (χ1) is 9.51. The largest absolute Gasteiger partial charge is 0.382 e. The fourth-order valence-corrected chi connectivity index (χ4v) is 2.72. The third-order valence-electron chi connectivity index (χ3n) is 3.82. The van der Waals surface area contributed by atoms with E-state index in [2.05, 4.69) is 5.32 Å². The summed E-state index contributed by atoms with van der Waals surface area (Å²) in [5.74, 6) is -0.764. The smallest absolute Gasteiger partial charge is 0.248 e. The molecular weight excluding hydrogens is 256 g/mol. The van der Waals surface area contributed by atoms with Crippen LogP contribution in [0.1, 0.15) is 40.0 Å². The minimum atomic E-state index is -0.585. The molecule has 1 saturated carbocycles. The van der Waals surface area contributed by atoms with Crippen LogP contribution in [0, 0.1) is 5.92 Å². The zero-order valence-electron chi connectivity index (χ0n) is 11.3. The molecule has 0 aliphatic heterocycles. The number of nitrogens with two attached hydrogens (primary N) is 3. The number of nitrogens with one attached hydrogen (secondary N) is 1. The van der Waals surface area contributed by atoms with Crippen molar-refractivity contribution in [3.05, 3.63) is 29.3 Å². The van der Waals surface area contributed by atoms with Gasteiger partial charge in [0, 0.05) is 22.9 Å². The number of rotatable bonds is 5. The van der Waals surface area contributed by atoms with Crippen molar-refractivity contribution in [2.24, 2.45) is 23.1 Å². The highest BCUT2D eigenvalue weighted by Crippen LogP contribution is 2.28. The van der Waals surface area contributed by atoms with Gasteiger partial charge >= 0.3 is 0 Å². The lowest BCUT2D eigenvalue weighted by molar-refractivity contribution is 0.0999. The van der Waals surface area contributed by atoms with Crippen molar-refractivity contribution >= 4 is 17.5 Å². The van der Waals surface area contributed by atoms with Crippen molar-refractivity contribution in [1.29, 1.82) is 0 Å². The van der Waals surface area contributed by atoms with E-state index in [4.69, 9.17) is 17.2 Å². The van der Waals surface area contributed by atoms with E-state index >= 15 is 0 Å². The summed E-state index contributed by atoms with van der Waals surface area (Å²) >= 11 is 0. The van der Waals surface area contributed by atoms with E-state index < -0.39 is 11.8 Å². The summed E-state index contributed by atoms with van der Waals surface area (Å²) in [4.78, 5) is 22.6. The first-order valence-corrected chi connectivity index (χ1v) is 6.72. The van der Waals surface area contributed by atoms with Gasteiger partial charge in [0.2, 0.25) is 11.8 Å². The van der Waals surface area contributed by atoms with Gasteiger partial charge in [0.05, 0.1) is 0 Å². The van der Waals surface area contributed by atoms with Crippen molar-refractivity contribution < 1.29 is 9.59 Å². The molecule has 2 atom stereocenters. The van der Waals surface area contributed by atoms with Crippen LogP contribution in [0.25, 0.3) is 0 Å². The molecule has 0 heterocycles. The van der Waals surface area contributed by atoms with Crippen LogP contribution in [-0.4, -0.2) is 24.4 Å². The molecule has 0 radical (unpaired) electrons. The maximum absolute atomic E-state index is 11.3. The Bertz CT molecular complexity index is 498. The third-order valence-corrected chi connectivity index (χ3v) is 3.82. The van der Waals surface area contributed by atoms with Gasteiger partial charge in [0.25, 0.3) is 0 Å². The zero-order chi connectivity index (χ0) is 14.7. The number of anilines is 1. The lowest BCUT2D eigenvalue weighted by Gasteiger charge is -2.21. The molecule has 7 N–H and O–H groups in total. The Morgan fingerprint density at radius 3 is 2.20 bits per heavy atom. The molecule has 1 aliphatic rings. The molecular formula is C14H20N4O2. The van der Waals surface area contributed by atoms with E-state index in [1.807, 2.05) is 0 Å². The molecule has 1 aromatic rings. The predicted octanol–water partition coefficient (Wildman–Crippen LogP) is 0.424. The molecule has 20 heavy (non-hydrogen) atoms. The van der Waals surface area contributed by atoms with Crippen molar-refractivity contribution in [2.75, 3.05) is 11.9 Å². The normalized spacial score (nSPS) is 21.6. The molecule has 6 heteroatoms. The van der Waals surface area contributed by atoms with Crippen LogP contribution in [0.4, 0.5) is 5.69 Å². The second kappa shape index (κ2) is 5.92. The number of primary amides is 2. The molecule has 0 saturated heterocycles. The molecule has 108 valence electrons. The molecule has 2 amide bonds. The standard InChI is InChI=1S/C14H20N4O2/c15-7-8-2-1-3-12(8)18-11-5-9(13(16)19)4-10(6-11)14(17)20/h4-6,8,12,18H,1-3,7,15H2,(H2,16,19)(H2,17,20). The van der Waals surface area contributed by atoms with Crippen molar-refractivity contribution in [3.8, 4) is 0 Å². The first-order valence-electron chi connectivity index (χ1n) is 6.72. The summed E-state index contributed by atoms with van der Waals surface area (Å²) in [5.41, 5.74) is 17.5. The van der Waals surface area contributed by atoms with E-state index in [0.717, 1.165) is 19.3 Å². The van der Waals surface area contributed by atoms with E-state index in [1.54, 1.807) is 12.1 Å². The number of hydrogen-bond donors (Lipinski definition) is 4. The molecule has 2 unspecified atom stereocenters. The molecule has 2 rings (SSSR count). The van der Waals surface area contributed by atoms with Gasteiger partial charge in [-0.3, -0.25) is 9.59 Å². The van der Waals surface area contributed by atoms with E-state index in [9.17, 15) is 9.59 Å². The number of carbonyl (C=O) groups is 2. The number of carbonyl (C=O) groups excluding carboxylic acids is 2. The topological polar surface area (TPSA) is 124 Å². The monoisotopic (exact) mass is 276 g/mol. The Balaban J connectivity index is 2.26. The van der Waals surface area contributed by atoms with E-state index in [-0.39, 0.29) is 17.2 Å². The first kappa shape index (κ1) is 14.3. The number of benzene rings is 1. The van der Waals surface area contributed by atoms with Gasteiger partial charge in [-0.2, -0.15) is 0 Å². The second-order valence-corrected chi connectivity index (χ2v) is 5.21. The summed E-state index contributed by atoms with van der Waals surface area (Å²) in [6.45, 7) is 0.621. The van der Waals surface area contributed by atoms with Crippen LogP contribution in [0.15, 0.2) is 18.2 Å². The van der Waals surface area contributed by atoms with Crippen LogP contribution >= 0.6 is 0 Å². The molecule has 0 aromatic heterocycles. The van der Waals surface area contributed by atoms with Crippen LogP contribution in [0.2, 0.25) is 0 Å². The zero-order valence-corrected chi connectivity index (χ0v) is 11.3. The minimum absolute atomic E-state index is 0.254. The Hall–Kier alpha value is -2.08. The number of hydrogen-bond acceptors (Lipinski definition) is 4. The van der Waals surface area contributed by atoms with E-state index in [0.29, 0.717) is 18.2 Å². The Kier molecular flexibility index (Phi) is 4.24. The van der Waals surface area contributed by atoms with Gasteiger partial charge in [0.15, 0.2) is 0 Å². The Labute approximate surface area is 117 Å². The third kappa shape index (κ3) is 3.08. The predicted molar refractivity (Wildman–Crippen MR) is 77.3 cm³/mol. The van der Waals surface area contributed by atoms with Gasteiger partial charge in [-0.25, -0.2) is 0 Å². The van der Waals surface area contributed by atoms with Gasteiger partial charge in [-0.05, 0) is 43.5 Å². The van der Waals surface area contributed by atoms with E-state index in [1.165, 1.54) is 6.07 Å². The molecule has 1 fully saturated rings. The van der Waals surface area contributed by atoms with Crippen LogP contribution in [0.5, 0.6) is 0 Å². The lowest BCUT2D eigenvalue weighted by Crippen LogP contribution is -2.29. The van der Waals surface area contributed by atoms with Gasteiger partial charge in [-0.15, -0.1) is 0 Å². The SMILES string of the molecule is NCC1CCCC1Nc1cc(C(N)=O)cc(C(N)=O)c1. The fraction of sp³-hybridized carbons (Fsp3) is 0.429. The Morgan fingerprint density at radius 2 is 1.70 bits per heavy atom. The van der Waals surface area contributed by atoms with Crippen LogP contribution in [-0.2, 0) is 0 Å². The van der Waals surface area contributed by atoms with Gasteiger partial charge < -0.3 is 22.5 Å². The molecule has 0 bridgehead atoms. The molecule has 6 nitrogen and oxygen atoms in total. The highest BCUT2D eigenvalue weighted by molar-refractivity contribution is 5.99.